The molecule has 0 aromatic rings. The number of Topliss-reactive ketones (excluding diaryl/α,β-unsaturated/α-hetero) is 1. The van der Waals surface area contributed by atoms with Crippen molar-refractivity contribution in [3.05, 3.63) is 0 Å². The first-order valence-corrected chi connectivity index (χ1v) is 4.31. The minimum atomic E-state index is -5.16. The number of rotatable bonds is 5. The molecule has 0 fully saturated rings. The Hall–Kier alpha value is 1.70. The number of carbonyl (C=O) groups excluding carboxylic acids is 1. The Morgan fingerprint density at radius 1 is 1.43 bits per heavy atom. The van der Waals surface area contributed by atoms with Gasteiger partial charge in [0, 0.05) is 0 Å². The Kier molecular flexibility index (Phi) is 14.9. The van der Waals surface area contributed by atoms with E-state index in [4.69, 9.17) is 10.2 Å². The molecule has 0 heterocycles. The summed E-state index contributed by atoms with van der Waals surface area (Å²) in [6.07, 6.45) is -1.79. The molecule has 0 bridgehead atoms. The zero-order valence-corrected chi connectivity index (χ0v) is 12.8. The molecule has 2 N–H and O–H groups in total. The largest absolute Gasteiger partial charge is 1.00 e. The maximum atomic E-state index is 10.4. The number of carbonyl (C=O) groups is 1. The zero-order chi connectivity index (χ0) is 9.78. The van der Waals surface area contributed by atoms with Crippen LogP contribution in [0.3, 0.4) is 0 Å². The minimum absolute atomic E-state index is 0. The van der Waals surface area contributed by atoms with Crippen LogP contribution in [0.15, 0.2) is 0 Å². The summed E-state index contributed by atoms with van der Waals surface area (Å²) < 4.78 is 13.4. The van der Waals surface area contributed by atoms with Gasteiger partial charge in [0.1, 0.15) is 12.7 Å². The van der Waals surface area contributed by atoms with Crippen molar-refractivity contribution >= 4 is 13.6 Å². The number of phosphoric ester groups is 1. The number of aliphatic hydroxyl groups is 2. The fourth-order valence-electron chi connectivity index (χ4n) is 0.360. The van der Waals surface area contributed by atoms with Crippen LogP contribution in [0.5, 0.6) is 0 Å². The molecular weight excluding hydrogens is 237 g/mol. The quantitative estimate of drug-likeness (QED) is 0.362. The molecule has 0 saturated carbocycles. The van der Waals surface area contributed by atoms with Crippen LogP contribution in [-0.4, -0.2) is 35.3 Å². The molecule has 14 heavy (non-hydrogen) atoms. The Bertz CT molecular complexity index is 204. The van der Waals surface area contributed by atoms with Crippen molar-refractivity contribution in [2.24, 2.45) is 0 Å². The second-order valence-corrected chi connectivity index (χ2v) is 3.04. The summed E-state index contributed by atoms with van der Waals surface area (Å²) in [5, 5.41) is 16.8. The number of ketones is 1. The molecule has 7 nitrogen and oxygen atoms in total. The van der Waals surface area contributed by atoms with Crippen LogP contribution in [0.1, 0.15) is 0 Å². The van der Waals surface area contributed by atoms with Crippen molar-refractivity contribution in [3.8, 4) is 0 Å². The van der Waals surface area contributed by atoms with Gasteiger partial charge in [-0.25, -0.2) is 0 Å². The molecule has 0 aliphatic rings. The Morgan fingerprint density at radius 3 is 2.14 bits per heavy atom. The second-order valence-electron chi connectivity index (χ2n) is 1.88. The van der Waals surface area contributed by atoms with E-state index in [2.05, 4.69) is 4.52 Å². The average Bonchev–Trinajstić information content (AvgIpc) is 1.97. The Morgan fingerprint density at radius 2 is 1.86 bits per heavy atom. The molecule has 1 atom stereocenters. The van der Waals surface area contributed by atoms with Gasteiger partial charge < -0.3 is 29.1 Å². The van der Waals surface area contributed by atoms with Crippen molar-refractivity contribution in [2.75, 3.05) is 13.2 Å². The van der Waals surface area contributed by atoms with Crippen LogP contribution in [0.25, 0.3) is 0 Å². The Labute approximate surface area is 125 Å². The molecule has 0 rings (SSSR count). The van der Waals surface area contributed by atoms with Gasteiger partial charge in [0.2, 0.25) is 0 Å². The molecule has 10 heteroatoms. The van der Waals surface area contributed by atoms with Crippen LogP contribution < -0.4 is 68.9 Å². The van der Waals surface area contributed by atoms with Gasteiger partial charge >= 0.3 is 59.1 Å². The van der Waals surface area contributed by atoms with Crippen molar-refractivity contribution in [3.63, 3.8) is 0 Å². The predicted octanol–water partition coefficient (Wildman–Crippen LogP) is -9.24. The van der Waals surface area contributed by atoms with Crippen molar-refractivity contribution in [1.82, 2.24) is 0 Å². The maximum absolute atomic E-state index is 10.4. The van der Waals surface area contributed by atoms with E-state index in [9.17, 15) is 19.1 Å². The molecule has 0 aliphatic heterocycles. The van der Waals surface area contributed by atoms with E-state index in [1.807, 2.05) is 0 Å². The summed E-state index contributed by atoms with van der Waals surface area (Å²) in [6.45, 7) is -1.89. The molecule has 0 aromatic carbocycles. The van der Waals surface area contributed by atoms with E-state index < -0.39 is 32.9 Å². The fraction of sp³-hybridized carbons (Fsp3) is 0.750. The van der Waals surface area contributed by atoms with E-state index >= 15 is 0 Å². The third-order valence-corrected chi connectivity index (χ3v) is 1.38. The normalized spacial score (nSPS) is 12.3. The van der Waals surface area contributed by atoms with E-state index in [1.54, 1.807) is 0 Å². The van der Waals surface area contributed by atoms with Crippen LogP contribution in [-0.2, 0) is 13.9 Å². The van der Waals surface area contributed by atoms with Gasteiger partial charge in [-0.15, -0.1) is 0 Å². The molecule has 0 radical (unpaired) electrons. The SMILES string of the molecule is O=C(CO)[C@H](O)COP(=O)([O-])[O-].[Na+].[Na+]. The maximum Gasteiger partial charge on any atom is 1.00 e. The van der Waals surface area contributed by atoms with E-state index in [0.29, 0.717) is 0 Å². The smallest absolute Gasteiger partial charge is 0.790 e. The van der Waals surface area contributed by atoms with Crippen molar-refractivity contribution in [1.29, 1.82) is 0 Å². The number of hydrogen-bond donors (Lipinski definition) is 2. The van der Waals surface area contributed by atoms with Crippen molar-refractivity contribution < 1.29 is 93.0 Å². The standard InChI is InChI=1S/C4H9O7P.2Na/c5-1-3(6)4(7)2-11-12(8,9)10;;/h4-5,7H,1-2H2,(H2,8,9,10);;/q;2*+1/p-2/t4-;;/m1../s1. The summed E-state index contributed by atoms with van der Waals surface area (Å²) in [5.74, 6) is -1.01. The fourth-order valence-corrected chi connectivity index (χ4v) is 0.684. The van der Waals surface area contributed by atoms with E-state index in [1.165, 1.54) is 0 Å². The summed E-state index contributed by atoms with van der Waals surface area (Å²) >= 11 is 0. The van der Waals surface area contributed by atoms with Gasteiger partial charge in [0.15, 0.2) is 5.78 Å². The summed E-state index contributed by atoms with van der Waals surface area (Å²) in [5.41, 5.74) is 0. The van der Waals surface area contributed by atoms with E-state index in [0.717, 1.165) is 0 Å². The van der Waals surface area contributed by atoms with Crippen LogP contribution in [0.2, 0.25) is 0 Å². The van der Waals surface area contributed by atoms with Gasteiger partial charge in [0.05, 0.1) is 14.4 Å². The number of hydrogen-bond acceptors (Lipinski definition) is 7. The first kappa shape index (κ1) is 21.0. The summed E-state index contributed by atoms with van der Waals surface area (Å²) in [4.78, 5) is 30.0. The van der Waals surface area contributed by atoms with Gasteiger partial charge in [0.25, 0.3) is 0 Å². The molecule has 0 spiro atoms. The molecule has 0 aromatic heterocycles. The monoisotopic (exact) mass is 244 g/mol. The summed E-state index contributed by atoms with van der Waals surface area (Å²) in [7, 11) is -5.16. The minimum Gasteiger partial charge on any atom is -0.790 e. The molecule has 0 amide bonds. The summed E-state index contributed by atoms with van der Waals surface area (Å²) in [6, 6.07) is 0. The van der Waals surface area contributed by atoms with Gasteiger partial charge in [-0.1, -0.05) is 0 Å². The van der Waals surface area contributed by atoms with Crippen LogP contribution in [0, 0.1) is 0 Å². The molecule has 0 aliphatic carbocycles. The third kappa shape index (κ3) is 11.8. The third-order valence-electron chi connectivity index (χ3n) is 0.918. The van der Waals surface area contributed by atoms with Crippen molar-refractivity contribution in [2.45, 2.75) is 6.10 Å². The van der Waals surface area contributed by atoms with Crippen LogP contribution in [0.4, 0.5) is 0 Å². The first-order valence-electron chi connectivity index (χ1n) is 2.85. The van der Waals surface area contributed by atoms with Crippen LogP contribution >= 0.6 is 7.82 Å². The molecule has 0 saturated heterocycles. The predicted molar refractivity (Wildman–Crippen MR) is 31.7 cm³/mol. The molecule has 0 unspecified atom stereocenters. The number of aliphatic hydroxyl groups excluding tert-OH is 2. The van der Waals surface area contributed by atoms with Gasteiger partial charge in [-0.3, -0.25) is 4.79 Å². The van der Waals surface area contributed by atoms with E-state index in [-0.39, 0.29) is 59.1 Å². The second kappa shape index (κ2) is 9.89. The Balaban J connectivity index is -0.000000605. The zero-order valence-electron chi connectivity index (χ0n) is 7.87. The molecule has 72 valence electrons. The number of phosphoric acid groups is 1. The topological polar surface area (TPSA) is 130 Å². The average molecular weight is 244 g/mol. The van der Waals surface area contributed by atoms with Gasteiger partial charge in [-0.2, -0.15) is 0 Å². The first-order chi connectivity index (χ1) is 5.37. The van der Waals surface area contributed by atoms with Gasteiger partial charge in [-0.05, 0) is 0 Å². The molecular formula is C4H7Na2O7P.